The highest BCUT2D eigenvalue weighted by Gasteiger charge is 2.43. The molecule has 6 heteroatoms. The van der Waals surface area contributed by atoms with Crippen molar-refractivity contribution < 1.29 is 18.0 Å². The zero-order chi connectivity index (χ0) is 15.3. The molecule has 1 amide bonds. The third-order valence-electron chi connectivity index (χ3n) is 4.76. The van der Waals surface area contributed by atoms with Gasteiger partial charge in [-0.1, -0.05) is 6.42 Å². The summed E-state index contributed by atoms with van der Waals surface area (Å²) < 4.78 is 38.2. The number of hydrogen-bond donors (Lipinski definition) is 2. The lowest BCUT2D eigenvalue weighted by Gasteiger charge is -2.30. The van der Waals surface area contributed by atoms with E-state index in [-0.39, 0.29) is 18.7 Å². The first-order valence-corrected chi connectivity index (χ1v) is 8.02. The van der Waals surface area contributed by atoms with Crippen molar-refractivity contribution in [1.82, 2.24) is 10.6 Å². The van der Waals surface area contributed by atoms with E-state index in [1.54, 1.807) is 0 Å². The number of halogens is 3. The normalized spacial score (nSPS) is 30.9. The molecule has 0 spiro atoms. The maximum absolute atomic E-state index is 12.7. The Morgan fingerprint density at radius 3 is 2.67 bits per heavy atom. The highest BCUT2D eigenvalue weighted by Crippen LogP contribution is 2.39. The number of piperidine rings is 1. The van der Waals surface area contributed by atoms with Gasteiger partial charge < -0.3 is 10.6 Å². The predicted molar refractivity (Wildman–Crippen MR) is 74.7 cm³/mol. The Balaban J connectivity index is 1.70. The van der Waals surface area contributed by atoms with Crippen LogP contribution in [0.4, 0.5) is 13.2 Å². The first-order chi connectivity index (χ1) is 9.97. The molecule has 3 atom stereocenters. The molecule has 21 heavy (non-hydrogen) atoms. The fourth-order valence-electron chi connectivity index (χ4n) is 3.44. The van der Waals surface area contributed by atoms with E-state index in [9.17, 15) is 18.0 Å². The van der Waals surface area contributed by atoms with Crippen molar-refractivity contribution in [1.29, 1.82) is 0 Å². The highest BCUT2D eigenvalue weighted by molar-refractivity contribution is 5.78. The van der Waals surface area contributed by atoms with Crippen molar-refractivity contribution in [3.05, 3.63) is 0 Å². The molecule has 1 saturated carbocycles. The molecular formula is C15H25F3N2O. The second-order valence-electron chi connectivity index (χ2n) is 6.39. The molecule has 3 unspecified atom stereocenters. The Labute approximate surface area is 124 Å². The number of rotatable bonds is 4. The summed E-state index contributed by atoms with van der Waals surface area (Å²) in [6, 6.07) is 0. The highest BCUT2D eigenvalue weighted by atomic mass is 19.4. The van der Waals surface area contributed by atoms with Crippen molar-refractivity contribution >= 4 is 5.91 Å². The fourth-order valence-corrected chi connectivity index (χ4v) is 3.44. The van der Waals surface area contributed by atoms with Gasteiger partial charge in [0.2, 0.25) is 5.91 Å². The summed E-state index contributed by atoms with van der Waals surface area (Å²) in [4.78, 5) is 12.0. The van der Waals surface area contributed by atoms with Gasteiger partial charge in [-0.15, -0.1) is 0 Å². The van der Waals surface area contributed by atoms with Crippen LogP contribution in [0.1, 0.15) is 44.9 Å². The van der Waals surface area contributed by atoms with E-state index < -0.39 is 18.0 Å². The van der Waals surface area contributed by atoms with Gasteiger partial charge in [0.05, 0.1) is 5.92 Å². The van der Waals surface area contributed by atoms with Gasteiger partial charge >= 0.3 is 6.18 Å². The lowest BCUT2D eigenvalue weighted by atomic mass is 9.80. The number of hydrogen-bond acceptors (Lipinski definition) is 2. The van der Waals surface area contributed by atoms with Gasteiger partial charge in [0.1, 0.15) is 0 Å². The third-order valence-corrected chi connectivity index (χ3v) is 4.76. The van der Waals surface area contributed by atoms with E-state index in [1.165, 1.54) is 6.42 Å². The van der Waals surface area contributed by atoms with E-state index in [0.29, 0.717) is 25.3 Å². The summed E-state index contributed by atoms with van der Waals surface area (Å²) in [6.07, 6.45) is 0.289. The molecule has 1 heterocycles. The van der Waals surface area contributed by atoms with E-state index in [1.807, 2.05) is 0 Å². The van der Waals surface area contributed by atoms with Crippen molar-refractivity contribution in [2.24, 2.45) is 17.8 Å². The minimum Gasteiger partial charge on any atom is -0.356 e. The minimum atomic E-state index is -4.16. The minimum absolute atomic E-state index is 0.0414. The average Bonchev–Trinajstić information content (AvgIpc) is 2.47. The van der Waals surface area contributed by atoms with Crippen LogP contribution in [0.3, 0.4) is 0 Å². The molecule has 0 aromatic carbocycles. The summed E-state index contributed by atoms with van der Waals surface area (Å²) in [6.45, 7) is 2.62. The van der Waals surface area contributed by atoms with Crippen LogP contribution in [0.5, 0.6) is 0 Å². The zero-order valence-corrected chi connectivity index (χ0v) is 12.3. The van der Waals surface area contributed by atoms with E-state index in [4.69, 9.17) is 0 Å². The van der Waals surface area contributed by atoms with Crippen molar-refractivity contribution in [3.8, 4) is 0 Å². The first kappa shape index (κ1) is 16.6. The molecule has 1 aliphatic carbocycles. The number of nitrogens with one attached hydrogen (secondary N) is 2. The Hall–Kier alpha value is -0.780. The maximum atomic E-state index is 12.7. The first-order valence-electron chi connectivity index (χ1n) is 8.02. The number of carbonyl (C=O) groups excluding carboxylic acids is 1. The lowest BCUT2D eigenvalue weighted by Crippen LogP contribution is -2.39. The molecule has 122 valence electrons. The number of carbonyl (C=O) groups is 1. The lowest BCUT2D eigenvalue weighted by molar-refractivity contribution is -0.186. The molecule has 1 aliphatic heterocycles. The summed E-state index contributed by atoms with van der Waals surface area (Å²) in [5.41, 5.74) is 0. The Morgan fingerprint density at radius 1 is 1.19 bits per heavy atom. The van der Waals surface area contributed by atoms with Gasteiger partial charge in [0.25, 0.3) is 0 Å². The maximum Gasteiger partial charge on any atom is 0.391 e. The van der Waals surface area contributed by atoms with E-state index in [0.717, 1.165) is 25.9 Å². The van der Waals surface area contributed by atoms with Crippen molar-refractivity contribution in [3.63, 3.8) is 0 Å². The van der Waals surface area contributed by atoms with Crippen LogP contribution in [0, 0.1) is 17.8 Å². The molecule has 0 aromatic rings. The van der Waals surface area contributed by atoms with Gasteiger partial charge in [0.15, 0.2) is 0 Å². The standard InChI is InChI=1S/C15H25F3N2O/c16-15(17,18)13-5-1-4-12(9-13)14(21)20-8-6-11-3-2-7-19-10-11/h11-13,19H,1-10H2,(H,20,21). The smallest absolute Gasteiger partial charge is 0.356 e. The van der Waals surface area contributed by atoms with Gasteiger partial charge in [-0.25, -0.2) is 0 Å². The summed E-state index contributed by atoms with van der Waals surface area (Å²) in [5.74, 6) is -1.37. The molecule has 0 bridgehead atoms. The van der Waals surface area contributed by atoms with Crippen LogP contribution in [0.25, 0.3) is 0 Å². The van der Waals surface area contributed by atoms with Gasteiger partial charge in [-0.05, 0) is 57.5 Å². The van der Waals surface area contributed by atoms with E-state index in [2.05, 4.69) is 10.6 Å². The summed E-state index contributed by atoms with van der Waals surface area (Å²) >= 11 is 0. The van der Waals surface area contributed by atoms with Crippen LogP contribution in [0.15, 0.2) is 0 Å². The van der Waals surface area contributed by atoms with Crippen molar-refractivity contribution in [2.75, 3.05) is 19.6 Å². The van der Waals surface area contributed by atoms with Gasteiger partial charge in [0, 0.05) is 12.5 Å². The topological polar surface area (TPSA) is 41.1 Å². The molecule has 0 aromatic heterocycles. The molecule has 0 radical (unpaired) electrons. The Bertz CT molecular complexity index is 340. The average molecular weight is 306 g/mol. The van der Waals surface area contributed by atoms with Crippen LogP contribution in [0.2, 0.25) is 0 Å². The molecule has 2 aliphatic rings. The SMILES string of the molecule is O=C(NCCC1CCCNC1)C1CCCC(C(F)(F)F)C1. The van der Waals surface area contributed by atoms with Crippen LogP contribution in [-0.2, 0) is 4.79 Å². The molecule has 2 rings (SSSR count). The van der Waals surface area contributed by atoms with Crippen LogP contribution >= 0.6 is 0 Å². The number of amides is 1. The molecule has 2 N–H and O–H groups in total. The van der Waals surface area contributed by atoms with Crippen LogP contribution in [-0.4, -0.2) is 31.7 Å². The predicted octanol–water partition coefficient (Wildman–Crippen LogP) is 2.86. The van der Waals surface area contributed by atoms with E-state index >= 15 is 0 Å². The summed E-state index contributed by atoms with van der Waals surface area (Å²) in [7, 11) is 0. The second-order valence-corrected chi connectivity index (χ2v) is 6.39. The Morgan fingerprint density at radius 2 is 2.00 bits per heavy atom. The largest absolute Gasteiger partial charge is 0.391 e. The zero-order valence-electron chi connectivity index (χ0n) is 12.3. The van der Waals surface area contributed by atoms with Crippen LogP contribution < -0.4 is 10.6 Å². The number of alkyl halides is 3. The van der Waals surface area contributed by atoms with Gasteiger partial charge in [-0.3, -0.25) is 4.79 Å². The second kappa shape index (κ2) is 7.47. The fraction of sp³-hybridized carbons (Fsp3) is 0.933. The van der Waals surface area contributed by atoms with Gasteiger partial charge in [-0.2, -0.15) is 13.2 Å². The molecule has 2 fully saturated rings. The summed E-state index contributed by atoms with van der Waals surface area (Å²) in [5, 5.41) is 6.16. The quantitative estimate of drug-likeness (QED) is 0.838. The monoisotopic (exact) mass is 306 g/mol. The Kier molecular flexibility index (Phi) is 5.90. The molecular weight excluding hydrogens is 281 g/mol. The third kappa shape index (κ3) is 5.16. The molecule has 1 saturated heterocycles. The van der Waals surface area contributed by atoms with Crippen molar-refractivity contribution in [2.45, 2.75) is 51.1 Å². The molecule has 3 nitrogen and oxygen atoms in total.